The Kier molecular flexibility index (Phi) is 9.85. The number of nitrogens with one attached hydrogen (secondary N) is 2. The van der Waals surface area contributed by atoms with Gasteiger partial charge in [-0.1, -0.05) is 109 Å². The van der Waals surface area contributed by atoms with E-state index in [1.807, 2.05) is 84.9 Å². The summed E-state index contributed by atoms with van der Waals surface area (Å²) >= 11 is 0. The van der Waals surface area contributed by atoms with Crippen molar-refractivity contribution in [3.63, 3.8) is 0 Å². The molecule has 2 saturated heterocycles. The normalized spacial score (nSPS) is 17.6. The van der Waals surface area contributed by atoms with Gasteiger partial charge in [-0.3, -0.25) is 14.4 Å². The SMILES string of the molecule is CNC(=O)C(COCc1ccccc1)NC(=O)C1CN(C(=O)OCC2c3ccccc3-c3ccccc32)CC12CN(C(=O)Cc1ccccc1)C2. The molecule has 1 spiro atoms. The highest BCUT2D eigenvalue weighted by atomic mass is 16.6. The van der Waals surface area contributed by atoms with E-state index in [2.05, 4.69) is 34.9 Å². The standard InChI is InChI=1S/C41H42N4O6/c1-42-39(48)36(24-50-22-29-14-6-3-7-15-29)43-38(47)35-21-44(25-41(35)26-45(27-41)37(46)20-28-12-4-2-5-13-28)40(49)51-23-34-32-18-10-8-16-30(32)31-17-9-11-19-33(31)34/h2-19,34-36H,20-27H2,1H3,(H,42,48)(H,43,47). The first-order chi connectivity index (χ1) is 24.8. The van der Waals surface area contributed by atoms with Gasteiger partial charge in [-0.25, -0.2) is 4.79 Å². The Morgan fingerprint density at radius 2 is 1.33 bits per heavy atom. The highest BCUT2D eigenvalue weighted by Gasteiger charge is 2.59. The predicted octanol–water partition coefficient (Wildman–Crippen LogP) is 4.39. The Hall–Kier alpha value is -5.48. The average Bonchev–Trinajstić information content (AvgIpc) is 3.71. The Bertz CT molecular complexity index is 1850. The van der Waals surface area contributed by atoms with E-state index in [1.54, 1.807) is 9.80 Å². The van der Waals surface area contributed by atoms with Gasteiger partial charge in [0.05, 0.1) is 25.6 Å². The summed E-state index contributed by atoms with van der Waals surface area (Å²) in [7, 11) is 1.51. The Labute approximate surface area is 297 Å². The van der Waals surface area contributed by atoms with Crippen LogP contribution in [0.3, 0.4) is 0 Å². The van der Waals surface area contributed by atoms with Crippen LogP contribution in [0.4, 0.5) is 4.79 Å². The van der Waals surface area contributed by atoms with Gasteiger partial charge in [0, 0.05) is 44.6 Å². The van der Waals surface area contributed by atoms with Crippen LogP contribution in [0, 0.1) is 11.3 Å². The van der Waals surface area contributed by atoms with Gasteiger partial charge in [0.25, 0.3) is 0 Å². The molecule has 51 heavy (non-hydrogen) atoms. The maximum atomic E-state index is 14.1. The fourth-order valence-corrected chi connectivity index (χ4v) is 7.75. The molecule has 2 fully saturated rings. The maximum absolute atomic E-state index is 14.1. The summed E-state index contributed by atoms with van der Waals surface area (Å²) < 4.78 is 11.8. The summed E-state index contributed by atoms with van der Waals surface area (Å²) in [6.07, 6.45) is -0.254. The highest BCUT2D eigenvalue weighted by molar-refractivity contribution is 5.90. The first kappa shape index (κ1) is 34.0. The first-order valence-electron chi connectivity index (χ1n) is 17.4. The Morgan fingerprint density at radius 1 is 0.765 bits per heavy atom. The fraction of sp³-hybridized carbons (Fsp3) is 0.317. The molecule has 2 N–H and O–H groups in total. The number of fused-ring (bicyclic) bond motifs is 3. The predicted molar refractivity (Wildman–Crippen MR) is 191 cm³/mol. The fourth-order valence-electron chi connectivity index (χ4n) is 7.75. The number of hydrogen-bond donors (Lipinski definition) is 2. The number of ether oxygens (including phenoxy) is 2. The molecule has 0 aromatic heterocycles. The van der Waals surface area contributed by atoms with E-state index < -0.39 is 23.5 Å². The van der Waals surface area contributed by atoms with E-state index >= 15 is 0 Å². The molecular formula is C41H42N4O6. The second-order valence-electron chi connectivity index (χ2n) is 13.7. The molecule has 3 aliphatic rings. The van der Waals surface area contributed by atoms with Crippen LogP contribution in [-0.4, -0.2) is 86.1 Å². The molecular weight excluding hydrogens is 644 g/mol. The van der Waals surface area contributed by atoms with E-state index in [4.69, 9.17) is 9.47 Å². The molecule has 2 heterocycles. The van der Waals surface area contributed by atoms with E-state index in [0.717, 1.165) is 33.4 Å². The lowest BCUT2D eigenvalue weighted by Crippen LogP contribution is -2.65. The number of amides is 4. The third-order valence-corrected chi connectivity index (χ3v) is 10.4. The van der Waals surface area contributed by atoms with Crippen LogP contribution >= 0.6 is 0 Å². The van der Waals surface area contributed by atoms with Crippen LogP contribution in [0.1, 0.15) is 28.2 Å². The van der Waals surface area contributed by atoms with Crippen LogP contribution in [0.5, 0.6) is 0 Å². The van der Waals surface area contributed by atoms with Crippen molar-refractivity contribution in [2.75, 3.05) is 46.4 Å². The Morgan fingerprint density at radius 3 is 1.96 bits per heavy atom. The minimum atomic E-state index is -0.942. The highest BCUT2D eigenvalue weighted by Crippen LogP contribution is 2.46. The molecule has 0 bridgehead atoms. The largest absolute Gasteiger partial charge is 0.448 e. The van der Waals surface area contributed by atoms with Crippen molar-refractivity contribution in [3.8, 4) is 11.1 Å². The number of carbonyl (C=O) groups is 4. The van der Waals surface area contributed by atoms with Gasteiger partial charge in [-0.15, -0.1) is 0 Å². The molecule has 10 heteroatoms. The summed E-state index contributed by atoms with van der Waals surface area (Å²) in [6, 6.07) is 34.5. The molecule has 4 amide bonds. The van der Waals surface area contributed by atoms with Crippen LogP contribution in [-0.2, 0) is 36.9 Å². The summed E-state index contributed by atoms with van der Waals surface area (Å²) in [5, 5.41) is 5.52. The first-order valence-corrected chi connectivity index (χ1v) is 17.4. The van der Waals surface area contributed by atoms with Gasteiger partial charge >= 0.3 is 6.09 Å². The second kappa shape index (κ2) is 14.8. The third-order valence-electron chi connectivity index (χ3n) is 10.4. The lowest BCUT2D eigenvalue weighted by atomic mass is 9.71. The van der Waals surface area contributed by atoms with E-state index in [-0.39, 0.29) is 63.0 Å². The van der Waals surface area contributed by atoms with Crippen molar-refractivity contribution < 1.29 is 28.7 Å². The molecule has 4 aromatic carbocycles. The molecule has 2 atom stereocenters. The van der Waals surface area contributed by atoms with E-state index in [1.165, 1.54) is 7.05 Å². The second-order valence-corrected chi connectivity index (χ2v) is 13.7. The zero-order valence-electron chi connectivity index (χ0n) is 28.6. The van der Waals surface area contributed by atoms with Crippen molar-refractivity contribution in [3.05, 3.63) is 131 Å². The maximum Gasteiger partial charge on any atom is 0.409 e. The third kappa shape index (κ3) is 7.09. The van der Waals surface area contributed by atoms with Crippen molar-refractivity contribution in [1.29, 1.82) is 0 Å². The van der Waals surface area contributed by atoms with Gasteiger partial charge in [0.1, 0.15) is 12.6 Å². The summed E-state index contributed by atoms with van der Waals surface area (Å²) in [4.78, 5) is 57.3. The molecule has 1 aliphatic carbocycles. The van der Waals surface area contributed by atoms with Crippen molar-refractivity contribution in [2.24, 2.45) is 11.3 Å². The van der Waals surface area contributed by atoms with Crippen molar-refractivity contribution in [2.45, 2.75) is 25.0 Å². The lowest BCUT2D eigenvalue weighted by Gasteiger charge is -2.50. The van der Waals surface area contributed by atoms with Gasteiger partial charge in [0.15, 0.2) is 0 Å². The minimum absolute atomic E-state index is 0.0300. The molecule has 4 aromatic rings. The zero-order chi connectivity index (χ0) is 35.4. The van der Waals surface area contributed by atoms with Crippen LogP contribution < -0.4 is 10.6 Å². The number of rotatable bonds is 11. The summed E-state index contributed by atoms with van der Waals surface area (Å²) in [5.74, 6) is -1.56. The molecule has 2 aliphatic heterocycles. The Balaban J connectivity index is 1.05. The number of hydrogen-bond acceptors (Lipinski definition) is 6. The lowest BCUT2D eigenvalue weighted by molar-refractivity contribution is -0.149. The molecule has 2 unspecified atom stereocenters. The van der Waals surface area contributed by atoms with Gasteiger partial charge in [-0.05, 0) is 33.4 Å². The number of likely N-dealkylation sites (tertiary alicyclic amines) is 2. The van der Waals surface area contributed by atoms with Crippen LogP contribution in [0.25, 0.3) is 11.1 Å². The molecule has 10 nitrogen and oxygen atoms in total. The number of carbonyl (C=O) groups excluding carboxylic acids is 4. The number of nitrogens with zero attached hydrogens (tertiary/aromatic N) is 2. The molecule has 0 radical (unpaired) electrons. The van der Waals surface area contributed by atoms with Crippen LogP contribution in [0.2, 0.25) is 0 Å². The van der Waals surface area contributed by atoms with Crippen LogP contribution in [0.15, 0.2) is 109 Å². The van der Waals surface area contributed by atoms with E-state index in [0.29, 0.717) is 13.1 Å². The number of benzene rings is 4. The minimum Gasteiger partial charge on any atom is -0.448 e. The molecule has 0 saturated carbocycles. The topological polar surface area (TPSA) is 117 Å². The van der Waals surface area contributed by atoms with E-state index in [9.17, 15) is 19.2 Å². The summed E-state index contributed by atoms with van der Waals surface area (Å²) in [6.45, 7) is 1.41. The monoisotopic (exact) mass is 686 g/mol. The average molecular weight is 687 g/mol. The summed E-state index contributed by atoms with van der Waals surface area (Å²) in [5.41, 5.74) is 5.68. The quantitative estimate of drug-likeness (QED) is 0.242. The molecule has 262 valence electrons. The van der Waals surface area contributed by atoms with Crippen molar-refractivity contribution in [1.82, 2.24) is 20.4 Å². The van der Waals surface area contributed by atoms with Gasteiger partial charge < -0.3 is 29.9 Å². The zero-order valence-corrected chi connectivity index (χ0v) is 28.6. The van der Waals surface area contributed by atoms with Gasteiger partial charge in [-0.2, -0.15) is 0 Å². The molecule has 7 rings (SSSR count). The van der Waals surface area contributed by atoms with Crippen molar-refractivity contribution >= 4 is 23.8 Å². The smallest absolute Gasteiger partial charge is 0.409 e. The van der Waals surface area contributed by atoms with Gasteiger partial charge in [0.2, 0.25) is 17.7 Å². The number of likely N-dealkylation sites (N-methyl/N-ethyl adjacent to an activating group) is 1.